The van der Waals surface area contributed by atoms with E-state index in [1.807, 2.05) is 31.2 Å². The first-order valence-corrected chi connectivity index (χ1v) is 7.37. The van der Waals surface area contributed by atoms with Crippen molar-refractivity contribution in [2.24, 2.45) is 5.73 Å². The van der Waals surface area contributed by atoms with Gasteiger partial charge in [0.25, 0.3) is 5.91 Å². The molecule has 0 aliphatic carbocycles. The predicted octanol–water partition coefficient (Wildman–Crippen LogP) is 2.03. The number of hydrogen-bond acceptors (Lipinski definition) is 4. The Morgan fingerprint density at radius 3 is 2.95 bits per heavy atom. The van der Waals surface area contributed by atoms with Gasteiger partial charge in [-0.15, -0.1) is 11.3 Å². The number of aryl methyl sites for hydroxylation is 1. The summed E-state index contributed by atoms with van der Waals surface area (Å²) in [6.07, 6.45) is 1.63. The van der Waals surface area contributed by atoms with Gasteiger partial charge < -0.3 is 10.6 Å². The number of aromatic nitrogens is 1. The summed E-state index contributed by atoms with van der Waals surface area (Å²) < 4.78 is 0. The van der Waals surface area contributed by atoms with E-state index in [1.54, 1.807) is 18.1 Å². The molecule has 0 saturated carbocycles. The summed E-state index contributed by atoms with van der Waals surface area (Å²) in [4.78, 5) is 18.7. The van der Waals surface area contributed by atoms with Crippen LogP contribution >= 0.6 is 11.3 Å². The molecule has 4 nitrogen and oxygen atoms in total. The normalized spacial score (nSPS) is 9.86. The Labute approximate surface area is 128 Å². The Balaban J connectivity index is 2.08. The van der Waals surface area contributed by atoms with Crippen molar-refractivity contribution in [3.63, 3.8) is 0 Å². The minimum Gasteiger partial charge on any atom is -0.337 e. The molecule has 1 aromatic heterocycles. The van der Waals surface area contributed by atoms with E-state index in [0.29, 0.717) is 18.0 Å². The van der Waals surface area contributed by atoms with E-state index in [4.69, 9.17) is 5.73 Å². The molecular formula is C16H17N3OS. The van der Waals surface area contributed by atoms with Crippen LogP contribution in [0.4, 0.5) is 0 Å². The standard InChI is InChI=1S/C16H17N3OS/c1-12-18-10-15(21-12)16(20)19(2)11-14-6-3-5-13(9-14)7-4-8-17/h3,5-6,9-10H,8,11,17H2,1-2H3. The van der Waals surface area contributed by atoms with E-state index in [2.05, 4.69) is 16.8 Å². The van der Waals surface area contributed by atoms with E-state index in [1.165, 1.54) is 11.3 Å². The van der Waals surface area contributed by atoms with Crippen molar-refractivity contribution in [1.29, 1.82) is 0 Å². The van der Waals surface area contributed by atoms with Crippen molar-refractivity contribution in [1.82, 2.24) is 9.88 Å². The second-order valence-corrected chi connectivity index (χ2v) is 5.85. The molecule has 2 N–H and O–H groups in total. The lowest BCUT2D eigenvalue weighted by molar-refractivity contribution is 0.0789. The molecule has 0 spiro atoms. The van der Waals surface area contributed by atoms with Gasteiger partial charge in [0.15, 0.2) is 0 Å². The first kappa shape index (κ1) is 15.2. The third kappa shape index (κ3) is 4.15. The van der Waals surface area contributed by atoms with E-state index in [-0.39, 0.29) is 5.91 Å². The van der Waals surface area contributed by atoms with E-state index >= 15 is 0 Å². The largest absolute Gasteiger partial charge is 0.337 e. The van der Waals surface area contributed by atoms with Gasteiger partial charge in [0.05, 0.1) is 17.7 Å². The average Bonchev–Trinajstić information content (AvgIpc) is 2.91. The Morgan fingerprint density at radius 2 is 2.29 bits per heavy atom. The lowest BCUT2D eigenvalue weighted by Gasteiger charge is -2.16. The van der Waals surface area contributed by atoms with Crippen molar-refractivity contribution >= 4 is 17.2 Å². The molecule has 0 fully saturated rings. The number of nitrogens with two attached hydrogens (primary N) is 1. The molecule has 1 heterocycles. The molecule has 0 saturated heterocycles. The number of benzene rings is 1. The van der Waals surface area contributed by atoms with Crippen LogP contribution in [0, 0.1) is 18.8 Å². The van der Waals surface area contributed by atoms with Crippen LogP contribution in [0.5, 0.6) is 0 Å². The Morgan fingerprint density at radius 1 is 1.48 bits per heavy atom. The molecule has 0 bridgehead atoms. The molecule has 2 aromatic rings. The Bertz CT molecular complexity index is 697. The third-order valence-corrected chi connectivity index (χ3v) is 3.76. The van der Waals surface area contributed by atoms with Gasteiger partial charge in [0, 0.05) is 19.2 Å². The van der Waals surface area contributed by atoms with Gasteiger partial charge in [-0.25, -0.2) is 4.98 Å². The fourth-order valence-electron chi connectivity index (χ4n) is 1.89. The average molecular weight is 299 g/mol. The number of nitrogens with zero attached hydrogens (tertiary/aromatic N) is 2. The second-order valence-electron chi connectivity index (χ2n) is 4.61. The molecule has 0 aliphatic heterocycles. The summed E-state index contributed by atoms with van der Waals surface area (Å²) in [5, 5.41) is 0.894. The van der Waals surface area contributed by atoms with Crippen molar-refractivity contribution in [2.75, 3.05) is 13.6 Å². The highest BCUT2D eigenvalue weighted by Crippen LogP contribution is 2.15. The van der Waals surface area contributed by atoms with E-state index < -0.39 is 0 Å². The van der Waals surface area contributed by atoms with Gasteiger partial charge in [-0.2, -0.15) is 0 Å². The summed E-state index contributed by atoms with van der Waals surface area (Å²) in [5.41, 5.74) is 7.32. The quantitative estimate of drug-likeness (QED) is 0.882. The smallest absolute Gasteiger partial charge is 0.265 e. The van der Waals surface area contributed by atoms with Crippen LogP contribution in [0.25, 0.3) is 0 Å². The highest BCUT2D eigenvalue weighted by atomic mass is 32.1. The van der Waals surface area contributed by atoms with Gasteiger partial charge >= 0.3 is 0 Å². The zero-order valence-corrected chi connectivity index (χ0v) is 12.9. The second kappa shape index (κ2) is 7.02. The number of rotatable bonds is 3. The number of thiazole rings is 1. The molecule has 5 heteroatoms. The Hall–Kier alpha value is -2.16. The van der Waals surface area contributed by atoms with Gasteiger partial charge in [0.1, 0.15) is 4.88 Å². The number of carbonyl (C=O) groups excluding carboxylic acids is 1. The topological polar surface area (TPSA) is 59.2 Å². The molecule has 0 atom stereocenters. The van der Waals surface area contributed by atoms with Crippen LogP contribution in [-0.2, 0) is 6.54 Å². The molecule has 108 valence electrons. The fraction of sp³-hybridized carbons (Fsp3) is 0.250. The van der Waals surface area contributed by atoms with Gasteiger partial charge in [0.2, 0.25) is 0 Å². The van der Waals surface area contributed by atoms with Crippen LogP contribution < -0.4 is 5.73 Å². The minimum absolute atomic E-state index is 0.0148. The molecule has 0 radical (unpaired) electrons. The molecule has 21 heavy (non-hydrogen) atoms. The maximum absolute atomic E-state index is 12.3. The fourth-order valence-corrected chi connectivity index (χ4v) is 2.67. The van der Waals surface area contributed by atoms with Crippen LogP contribution in [-0.4, -0.2) is 29.4 Å². The van der Waals surface area contributed by atoms with E-state index in [9.17, 15) is 4.79 Å². The highest BCUT2D eigenvalue weighted by Gasteiger charge is 2.14. The first-order chi connectivity index (χ1) is 10.1. The number of hydrogen-bond donors (Lipinski definition) is 1. The third-order valence-electron chi connectivity index (χ3n) is 2.86. The van der Waals surface area contributed by atoms with Crippen molar-refractivity contribution in [2.45, 2.75) is 13.5 Å². The minimum atomic E-state index is -0.0148. The highest BCUT2D eigenvalue weighted by molar-refractivity contribution is 7.13. The van der Waals surface area contributed by atoms with Crippen LogP contribution in [0.2, 0.25) is 0 Å². The monoisotopic (exact) mass is 299 g/mol. The molecular weight excluding hydrogens is 282 g/mol. The van der Waals surface area contributed by atoms with Crippen molar-refractivity contribution in [3.05, 3.63) is 51.5 Å². The summed E-state index contributed by atoms with van der Waals surface area (Å²) in [6.45, 7) is 2.77. The van der Waals surface area contributed by atoms with Gasteiger partial charge in [-0.1, -0.05) is 24.0 Å². The van der Waals surface area contributed by atoms with Gasteiger partial charge in [-0.3, -0.25) is 4.79 Å². The SMILES string of the molecule is Cc1ncc(C(=O)N(C)Cc2cccc(C#CCN)c2)s1. The lowest BCUT2D eigenvalue weighted by Crippen LogP contribution is -2.25. The maximum atomic E-state index is 12.3. The van der Waals surface area contributed by atoms with Crippen LogP contribution in [0.1, 0.15) is 25.8 Å². The molecule has 0 aliphatic rings. The molecule has 1 aromatic carbocycles. The first-order valence-electron chi connectivity index (χ1n) is 6.56. The van der Waals surface area contributed by atoms with Crippen LogP contribution in [0.3, 0.4) is 0 Å². The molecule has 1 amide bonds. The summed E-state index contributed by atoms with van der Waals surface area (Å²) >= 11 is 1.41. The zero-order valence-electron chi connectivity index (χ0n) is 12.1. The zero-order chi connectivity index (χ0) is 15.2. The number of carbonyl (C=O) groups is 1. The molecule has 2 rings (SSSR count). The predicted molar refractivity (Wildman–Crippen MR) is 85.0 cm³/mol. The Kier molecular flexibility index (Phi) is 5.09. The van der Waals surface area contributed by atoms with Crippen molar-refractivity contribution < 1.29 is 4.79 Å². The van der Waals surface area contributed by atoms with Gasteiger partial charge in [-0.05, 0) is 24.6 Å². The van der Waals surface area contributed by atoms with E-state index in [0.717, 1.165) is 16.1 Å². The maximum Gasteiger partial charge on any atom is 0.265 e. The van der Waals surface area contributed by atoms with Crippen LogP contribution in [0.15, 0.2) is 30.5 Å². The lowest BCUT2D eigenvalue weighted by atomic mass is 10.1. The summed E-state index contributed by atoms with van der Waals surface area (Å²) in [6, 6.07) is 7.82. The van der Waals surface area contributed by atoms with Crippen molar-refractivity contribution in [3.8, 4) is 11.8 Å². The molecule has 0 unspecified atom stereocenters. The summed E-state index contributed by atoms with van der Waals surface area (Å²) in [5.74, 6) is 5.81. The summed E-state index contributed by atoms with van der Waals surface area (Å²) in [7, 11) is 1.79. The number of amides is 1.